The Hall–Kier alpha value is -1.91. The van der Waals surface area contributed by atoms with E-state index in [0.717, 1.165) is 17.2 Å². The number of carbonyl (C=O) groups is 1. The van der Waals surface area contributed by atoms with Crippen LogP contribution in [0.25, 0.3) is 10.8 Å². The molecule has 0 aliphatic heterocycles. The van der Waals surface area contributed by atoms with Gasteiger partial charge in [0, 0.05) is 18.2 Å². The third-order valence-electron chi connectivity index (χ3n) is 4.06. The lowest BCUT2D eigenvalue weighted by molar-refractivity contribution is -0.0300. The minimum atomic E-state index is -0.0936. The lowest BCUT2D eigenvalue weighted by Crippen LogP contribution is -2.64. The van der Waals surface area contributed by atoms with Gasteiger partial charge in [-0.15, -0.1) is 0 Å². The molecule has 1 saturated carbocycles. The zero-order valence-corrected chi connectivity index (χ0v) is 12.1. The predicted molar refractivity (Wildman–Crippen MR) is 83.2 cm³/mol. The van der Waals surface area contributed by atoms with Crippen LogP contribution < -0.4 is 11.1 Å². The first-order valence-corrected chi connectivity index (χ1v) is 7.36. The topological polar surface area (TPSA) is 64.3 Å². The predicted octanol–water partition coefficient (Wildman–Crippen LogP) is 2.07. The Balaban J connectivity index is 1.74. The summed E-state index contributed by atoms with van der Waals surface area (Å²) >= 11 is 0. The normalized spacial score (nSPS) is 24.6. The highest BCUT2D eigenvalue weighted by Gasteiger charge is 2.40. The van der Waals surface area contributed by atoms with Crippen LogP contribution in [-0.4, -0.2) is 30.7 Å². The number of nitrogens with one attached hydrogen (secondary N) is 1. The molecule has 1 amide bonds. The molecule has 21 heavy (non-hydrogen) atoms. The second-order valence-corrected chi connectivity index (χ2v) is 5.45. The van der Waals surface area contributed by atoms with Crippen LogP contribution in [0.5, 0.6) is 0 Å². The van der Waals surface area contributed by atoms with Gasteiger partial charge in [-0.1, -0.05) is 30.3 Å². The largest absolute Gasteiger partial charge is 0.376 e. The Morgan fingerprint density at radius 2 is 2.05 bits per heavy atom. The molecule has 110 valence electrons. The molecule has 2 aromatic carbocycles. The highest BCUT2D eigenvalue weighted by molar-refractivity contribution is 5.98. The number of nitrogens with two attached hydrogens (primary N) is 1. The van der Waals surface area contributed by atoms with Gasteiger partial charge in [-0.25, -0.2) is 0 Å². The number of fused-ring (bicyclic) bond motifs is 1. The van der Waals surface area contributed by atoms with Crippen LogP contribution in [0.1, 0.15) is 23.7 Å². The Kier molecular flexibility index (Phi) is 3.90. The number of rotatable bonds is 4. The molecular weight excluding hydrogens is 264 g/mol. The highest BCUT2D eigenvalue weighted by Crippen LogP contribution is 2.23. The molecule has 0 aromatic heterocycles. The van der Waals surface area contributed by atoms with Crippen molar-refractivity contribution in [2.75, 3.05) is 6.61 Å². The summed E-state index contributed by atoms with van der Waals surface area (Å²) in [4.78, 5) is 12.4. The van der Waals surface area contributed by atoms with Crippen LogP contribution in [-0.2, 0) is 4.74 Å². The number of ether oxygens (including phenoxy) is 1. The zero-order chi connectivity index (χ0) is 14.8. The summed E-state index contributed by atoms with van der Waals surface area (Å²) in [5.41, 5.74) is 6.62. The van der Waals surface area contributed by atoms with E-state index < -0.39 is 0 Å². The minimum absolute atomic E-state index is 0.0223. The van der Waals surface area contributed by atoms with Gasteiger partial charge in [-0.2, -0.15) is 0 Å². The Labute approximate surface area is 124 Å². The van der Waals surface area contributed by atoms with Crippen LogP contribution in [0.3, 0.4) is 0 Å². The van der Waals surface area contributed by atoms with Crippen LogP contribution in [0.15, 0.2) is 42.5 Å². The number of carbonyl (C=O) groups excluding carboxylic acids is 1. The molecule has 0 bridgehead atoms. The molecule has 4 heteroatoms. The first kappa shape index (κ1) is 14.0. The Morgan fingerprint density at radius 3 is 2.76 bits per heavy atom. The summed E-state index contributed by atoms with van der Waals surface area (Å²) in [5, 5.41) is 5.18. The van der Waals surface area contributed by atoms with E-state index in [-0.39, 0.29) is 24.1 Å². The molecule has 1 aliphatic carbocycles. The van der Waals surface area contributed by atoms with E-state index in [2.05, 4.69) is 5.32 Å². The first-order chi connectivity index (χ1) is 10.2. The van der Waals surface area contributed by atoms with E-state index in [1.165, 1.54) is 0 Å². The highest BCUT2D eigenvalue weighted by atomic mass is 16.5. The third kappa shape index (κ3) is 2.77. The number of amides is 1. The van der Waals surface area contributed by atoms with E-state index in [4.69, 9.17) is 10.5 Å². The fraction of sp³-hybridized carbons (Fsp3) is 0.353. The van der Waals surface area contributed by atoms with Crippen molar-refractivity contribution in [3.8, 4) is 0 Å². The van der Waals surface area contributed by atoms with Crippen molar-refractivity contribution >= 4 is 16.7 Å². The average molecular weight is 284 g/mol. The molecule has 2 aromatic rings. The van der Waals surface area contributed by atoms with Crippen molar-refractivity contribution in [3.63, 3.8) is 0 Å². The van der Waals surface area contributed by atoms with Crippen molar-refractivity contribution in [2.24, 2.45) is 5.73 Å². The maximum Gasteiger partial charge on any atom is 0.251 e. The van der Waals surface area contributed by atoms with Crippen LogP contribution >= 0.6 is 0 Å². The van der Waals surface area contributed by atoms with Gasteiger partial charge < -0.3 is 15.8 Å². The summed E-state index contributed by atoms with van der Waals surface area (Å²) < 4.78 is 5.57. The van der Waals surface area contributed by atoms with Gasteiger partial charge in [-0.05, 0) is 36.2 Å². The molecule has 3 rings (SSSR count). The van der Waals surface area contributed by atoms with Gasteiger partial charge >= 0.3 is 0 Å². The number of hydrogen-bond acceptors (Lipinski definition) is 3. The first-order valence-electron chi connectivity index (χ1n) is 7.36. The molecular formula is C17H20N2O2. The van der Waals surface area contributed by atoms with Gasteiger partial charge in [0.05, 0.1) is 12.1 Å². The summed E-state index contributed by atoms with van der Waals surface area (Å²) in [7, 11) is 0. The molecule has 0 saturated heterocycles. The maximum absolute atomic E-state index is 12.4. The molecule has 4 nitrogen and oxygen atoms in total. The molecule has 1 fully saturated rings. The Bertz CT molecular complexity index is 654. The second-order valence-electron chi connectivity index (χ2n) is 5.45. The van der Waals surface area contributed by atoms with Crippen molar-refractivity contribution in [2.45, 2.75) is 31.5 Å². The molecule has 3 atom stereocenters. The lowest BCUT2D eigenvalue weighted by Gasteiger charge is -2.42. The standard InChI is InChI=1S/C17H20N2O2/c1-2-21-15-10-14(18)16(15)19-17(20)13-8-7-11-5-3-4-6-12(11)9-13/h3-9,14-16H,2,10,18H2,1H3,(H,19,20). The van der Waals surface area contributed by atoms with E-state index in [9.17, 15) is 4.79 Å². The van der Waals surface area contributed by atoms with Crippen LogP contribution in [0.4, 0.5) is 0 Å². The van der Waals surface area contributed by atoms with Crippen LogP contribution in [0.2, 0.25) is 0 Å². The van der Waals surface area contributed by atoms with Gasteiger partial charge in [0.1, 0.15) is 0 Å². The summed E-state index contributed by atoms with van der Waals surface area (Å²) in [6.07, 6.45) is 0.839. The maximum atomic E-state index is 12.4. The van der Waals surface area contributed by atoms with Crippen molar-refractivity contribution in [1.82, 2.24) is 5.32 Å². The van der Waals surface area contributed by atoms with Gasteiger partial charge in [0.25, 0.3) is 5.91 Å². The van der Waals surface area contributed by atoms with Crippen LogP contribution in [0, 0.1) is 0 Å². The second kappa shape index (κ2) is 5.84. The van der Waals surface area contributed by atoms with Gasteiger partial charge in [0.2, 0.25) is 0 Å². The Morgan fingerprint density at radius 1 is 1.29 bits per heavy atom. The molecule has 1 aliphatic rings. The molecule has 0 radical (unpaired) electrons. The monoisotopic (exact) mass is 284 g/mol. The number of benzene rings is 2. The smallest absolute Gasteiger partial charge is 0.251 e. The van der Waals surface area contributed by atoms with E-state index >= 15 is 0 Å². The lowest BCUT2D eigenvalue weighted by atomic mass is 9.83. The fourth-order valence-corrected chi connectivity index (χ4v) is 2.79. The minimum Gasteiger partial charge on any atom is -0.376 e. The fourth-order valence-electron chi connectivity index (χ4n) is 2.79. The van der Waals surface area contributed by atoms with E-state index in [1.807, 2.05) is 49.4 Å². The summed E-state index contributed by atoms with van der Waals surface area (Å²) in [6, 6.07) is 13.6. The van der Waals surface area contributed by atoms with Crippen molar-refractivity contribution in [3.05, 3.63) is 48.0 Å². The molecule has 3 N–H and O–H groups in total. The van der Waals surface area contributed by atoms with Gasteiger partial charge in [-0.3, -0.25) is 4.79 Å². The number of hydrogen-bond donors (Lipinski definition) is 2. The zero-order valence-electron chi connectivity index (χ0n) is 12.1. The third-order valence-corrected chi connectivity index (χ3v) is 4.06. The van der Waals surface area contributed by atoms with E-state index in [1.54, 1.807) is 0 Å². The molecule has 0 heterocycles. The quantitative estimate of drug-likeness (QED) is 0.903. The average Bonchev–Trinajstić information content (AvgIpc) is 2.51. The van der Waals surface area contributed by atoms with Crippen molar-refractivity contribution < 1.29 is 9.53 Å². The molecule has 3 unspecified atom stereocenters. The van der Waals surface area contributed by atoms with Crippen molar-refractivity contribution in [1.29, 1.82) is 0 Å². The summed E-state index contributed by atoms with van der Waals surface area (Å²) in [5.74, 6) is -0.0920. The molecule has 0 spiro atoms. The van der Waals surface area contributed by atoms with E-state index in [0.29, 0.717) is 12.2 Å². The SMILES string of the molecule is CCOC1CC(N)C1NC(=O)c1ccc2ccccc2c1. The van der Waals surface area contributed by atoms with Gasteiger partial charge in [0.15, 0.2) is 0 Å². The summed E-state index contributed by atoms with van der Waals surface area (Å²) in [6.45, 7) is 2.59.